The molecule has 0 aliphatic rings. The molecule has 0 spiro atoms. The summed E-state index contributed by atoms with van der Waals surface area (Å²) in [5, 5.41) is 19.8. The van der Waals surface area contributed by atoms with Crippen LogP contribution in [0.25, 0.3) is 0 Å². The fraction of sp³-hybridized carbons (Fsp3) is 0.529. The molecule has 1 aromatic carbocycles. The average molecular weight is 368 g/mol. The number of nitro groups is 1. The summed E-state index contributed by atoms with van der Waals surface area (Å²) in [6.45, 7) is 2.11. The van der Waals surface area contributed by atoms with Crippen molar-refractivity contribution < 1.29 is 29.1 Å². The van der Waals surface area contributed by atoms with Gasteiger partial charge in [0.2, 0.25) is 5.91 Å². The summed E-state index contributed by atoms with van der Waals surface area (Å²) in [7, 11) is 1.27. The van der Waals surface area contributed by atoms with Crippen molar-refractivity contribution in [2.45, 2.75) is 13.3 Å². The number of carbonyl (C=O) groups is 2. The van der Waals surface area contributed by atoms with E-state index in [1.54, 1.807) is 13.0 Å². The number of rotatable bonds is 11. The monoisotopic (exact) mass is 368 g/mol. The molecule has 0 bridgehead atoms. The van der Waals surface area contributed by atoms with Gasteiger partial charge >= 0.3 is 5.97 Å². The Morgan fingerprint density at radius 1 is 1.31 bits per heavy atom. The van der Waals surface area contributed by atoms with E-state index in [1.165, 1.54) is 30.2 Å². The molecule has 9 nitrogen and oxygen atoms in total. The maximum absolute atomic E-state index is 12.6. The van der Waals surface area contributed by atoms with Crippen molar-refractivity contribution in [3.05, 3.63) is 39.9 Å². The summed E-state index contributed by atoms with van der Waals surface area (Å²) < 4.78 is 9.85. The van der Waals surface area contributed by atoms with Gasteiger partial charge in [0.15, 0.2) is 0 Å². The largest absolute Gasteiger partial charge is 0.469 e. The normalized spacial score (nSPS) is 11.7. The van der Waals surface area contributed by atoms with Gasteiger partial charge in [-0.15, -0.1) is 0 Å². The van der Waals surface area contributed by atoms with E-state index in [4.69, 9.17) is 9.84 Å². The molecule has 1 amide bonds. The van der Waals surface area contributed by atoms with Gasteiger partial charge in [0.25, 0.3) is 5.69 Å². The molecular weight excluding hydrogens is 344 g/mol. The number of nitrogens with zero attached hydrogens (tertiary/aromatic N) is 2. The number of aliphatic hydroxyl groups is 1. The van der Waals surface area contributed by atoms with Crippen LogP contribution in [0.15, 0.2) is 24.3 Å². The Hall–Kier alpha value is -2.52. The fourth-order valence-electron chi connectivity index (χ4n) is 2.38. The molecular formula is C17H24N2O7. The van der Waals surface area contributed by atoms with Crippen LogP contribution in [0.5, 0.6) is 0 Å². The van der Waals surface area contributed by atoms with E-state index in [1.807, 2.05) is 0 Å². The number of methoxy groups -OCH3 is 1. The number of hydrogen-bond acceptors (Lipinski definition) is 7. The Morgan fingerprint density at radius 2 is 2.00 bits per heavy atom. The summed E-state index contributed by atoms with van der Waals surface area (Å²) in [4.78, 5) is 36.3. The van der Waals surface area contributed by atoms with Gasteiger partial charge in [0, 0.05) is 24.7 Å². The van der Waals surface area contributed by atoms with Gasteiger partial charge in [0.1, 0.15) is 0 Å². The number of carbonyl (C=O) groups excluding carboxylic acids is 2. The first-order valence-electron chi connectivity index (χ1n) is 8.17. The summed E-state index contributed by atoms with van der Waals surface area (Å²) in [5.41, 5.74) is 0.174. The van der Waals surface area contributed by atoms with Crippen LogP contribution >= 0.6 is 0 Å². The molecule has 0 heterocycles. The Balaban J connectivity index is 2.85. The minimum atomic E-state index is -0.549. The van der Waals surface area contributed by atoms with E-state index in [9.17, 15) is 19.7 Å². The van der Waals surface area contributed by atoms with Gasteiger partial charge in [-0.2, -0.15) is 0 Å². The van der Waals surface area contributed by atoms with Crippen molar-refractivity contribution in [2.75, 3.05) is 40.0 Å². The van der Waals surface area contributed by atoms with Crippen LogP contribution in [0.3, 0.4) is 0 Å². The Bertz CT molecular complexity index is 621. The first kappa shape index (κ1) is 21.5. The second kappa shape index (κ2) is 11.2. The zero-order valence-electron chi connectivity index (χ0n) is 14.9. The van der Waals surface area contributed by atoms with Crippen LogP contribution in [0, 0.1) is 16.0 Å². The van der Waals surface area contributed by atoms with Crippen molar-refractivity contribution in [2.24, 2.45) is 5.92 Å². The van der Waals surface area contributed by atoms with Crippen molar-refractivity contribution in [1.29, 1.82) is 0 Å². The highest BCUT2D eigenvalue weighted by atomic mass is 16.6. The second-order valence-electron chi connectivity index (χ2n) is 5.66. The highest BCUT2D eigenvalue weighted by molar-refractivity contribution is 5.81. The number of esters is 1. The number of nitro benzene ring substituents is 1. The topological polar surface area (TPSA) is 119 Å². The van der Waals surface area contributed by atoms with Gasteiger partial charge in [-0.1, -0.05) is 25.1 Å². The second-order valence-corrected chi connectivity index (χ2v) is 5.66. The van der Waals surface area contributed by atoms with Gasteiger partial charge in [0.05, 0.1) is 44.2 Å². The van der Waals surface area contributed by atoms with Crippen LogP contribution in [-0.2, 0) is 25.5 Å². The number of hydrogen-bond donors (Lipinski definition) is 1. The zero-order valence-corrected chi connectivity index (χ0v) is 14.9. The first-order valence-corrected chi connectivity index (χ1v) is 8.17. The van der Waals surface area contributed by atoms with E-state index in [0.29, 0.717) is 5.56 Å². The lowest BCUT2D eigenvalue weighted by Gasteiger charge is -2.25. The van der Waals surface area contributed by atoms with Crippen LogP contribution in [-0.4, -0.2) is 66.8 Å². The molecule has 1 aromatic rings. The molecule has 1 rings (SSSR count). The van der Waals surface area contributed by atoms with Crippen molar-refractivity contribution in [3.63, 3.8) is 0 Å². The molecule has 0 aliphatic carbocycles. The summed E-state index contributed by atoms with van der Waals surface area (Å²) in [5.74, 6) is -1.36. The minimum Gasteiger partial charge on any atom is -0.469 e. The molecule has 0 fully saturated rings. The van der Waals surface area contributed by atoms with Gasteiger partial charge in [-0.3, -0.25) is 19.7 Å². The van der Waals surface area contributed by atoms with E-state index >= 15 is 0 Å². The predicted molar refractivity (Wildman–Crippen MR) is 92.5 cm³/mol. The molecule has 1 N–H and O–H groups in total. The van der Waals surface area contributed by atoms with Crippen molar-refractivity contribution in [1.82, 2.24) is 4.90 Å². The van der Waals surface area contributed by atoms with Crippen LogP contribution in [0.4, 0.5) is 5.69 Å². The van der Waals surface area contributed by atoms with Gasteiger partial charge < -0.3 is 19.5 Å². The van der Waals surface area contributed by atoms with Crippen molar-refractivity contribution >= 4 is 17.6 Å². The van der Waals surface area contributed by atoms with Crippen LogP contribution < -0.4 is 0 Å². The van der Waals surface area contributed by atoms with E-state index in [2.05, 4.69) is 4.74 Å². The maximum atomic E-state index is 12.6. The van der Waals surface area contributed by atoms with E-state index < -0.39 is 16.8 Å². The molecule has 0 aliphatic heterocycles. The van der Waals surface area contributed by atoms with Crippen LogP contribution in [0.2, 0.25) is 0 Å². The molecule has 26 heavy (non-hydrogen) atoms. The molecule has 1 atom stereocenters. The fourth-order valence-corrected chi connectivity index (χ4v) is 2.38. The number of benzene rings is 1. The lowest BCUT2D eigenvalue weighted by atomic mass is 10.1. The highest BCUT2D eigenvalue weighted by Crippen LogP contribution is 2.19. The standard InChI is InChI=1S/C17H24N2O7/c1-13(17(22)25-2)12-18(7-9-26-10-8-20)16(21)11-14-5-3-4-6-15(14)19(23)24/h3-6,13,20H,7-12H2,1-2H3. The van der Waals surface area contributed by atoms with Crippen LogP contribution in [0.1, 0.15) is 12.5 Å². The summed E-state index contributed by atoms with van der Waals surface area (Å²) in [6.07, 6.45) is -0.162. The molecule has 1 unspecified atom stereocenters. The molecule has 9 heteroatoms. The van der Waals surface area contributed by atoms with Crippen molar-refractivity contribution in [3.8, 4) is 0 Å². The summed E-state index contributed by atoms with van der Waals surface area (Å²) in [6, 6.07) is 6.03. The average Bonchev–Trinajstić information content (AvgIpc) is 2.63. The predicted octanol–water partition coefficient (Wildman–Crippen LogP) is 0.784. The molecule has 0 aromatic heterocycles. The highest BCUT2D eigenvalue weighted by Gasteiger charge is 2.23. The molecule has 0 saturated carbocycles. The van der Waals surface area contributed by atoms with E-state index in [-0.39, 0.29) is 50.9 Å². The minimum absolute atomic E-state index is 0.106. The number of aliphatic hydroxyl groups excluding tert-OH is 1. The molecule has 0 radical (unpaired) electrons. The Labute approximate surface area is 151 Å². The summed E-state index contributed by atoms with van der Waals surface area (Å²) >= 11 is 0. The maximum Gasteiger partial charge on any atom is 0.310 e. The van der Waals surface area contributed by atoms with Gasteiger partial charge in [-0.05, 0) is 0 Å². The smallest absolute Gasteiger partial charge is 0.310 e. The first-order chi connectivity index (χ1) is 12.4. The van der Waals surface area contributed by atoms with E-state index in [0.717, 1.165) is 0 Å². The third kappa shape index (κ3) is 6.77. The molecule has 0 saturated heterocycles. The quantitative estimate of drug-likeness (QED) is 0.265. The Kier molecular flexibility index (Phi) is 9.24. The van der Waals surface area contributed by atoms with Gasteiger partial charge in [-0.25, -0.2) is 0 Å². The number of amides is 1. The number of para-hydroxylation sites is 1. The lowest BCUT2D eigenvalue weighted by Crippen LogP contribution is -2.40. The zero-order chi connectivity index (χ0) is 19.5. The molecule has 144 valence electrons. The lowest BCUT2D eigenvalue weighted by molar-refractivity contribution is -0.385. The SMILES string of the molecule is COC(=O)C(C)CN(CCOCCO)C(=O)Cc1ccccc1[N+](=O)[O-]. The Morgan fingerprint density at radius 3 is 2.62 bits per heavy atom. The number of ether oxygens (including phenoxy) is 2. The third-order valence-electron chi connectivity index (χ3n) is 3.72. The third-order valence-corrected chi connectivity index (χ3v) is 3.72.